The van der Waals surface area contributed by atoms with E-state index in [4.69, 9.17) is 4.74 Å². The van der Waals surface area contributed by atoms with Crippen molar-refractivity contribution >= 4 is 11.6 Å². The Kier molecular flexibility index (Phi) is 5.29. The number of carbonyl (C=O) groups is 1. The third-order valence-electron chi connectivity index (χ3n) is 2.26. The van der Waals surface area contributed by atoms with Crippen molar-refractivity contribution in [2.24, 2.45) is 0 Å². The summed E-state index contributed by atoms with van der Waals surface area (Å²) in [6, 6.07) is 4.75. The quantitative estimate of drug-likeness (QED) is 0.516. The molecule has 0 aliphatic carbocycles. The van der Waals surface area contributed by atoms with Gasteiger partial charge >= 0.3 is 0 Å². The third kappa shape index (κ3) is 4.32. The van der Waals surface area contributed by atoms with Gasteiger partial charge in [-0.1, -0.05) is 6.92 Å². The predicted molar refractivity (Wildman–Crippen MR) is 66.4 cm³/mol. The van der Waals surface area contributed by atoms with Gasteiger partial charge in [-0.15, -0.1) is 0 Å². The Labute approximate surface area is 101 Å². The Morgan fingerprint density at radius 2 is 2.24 bits per heavy atom. The zero-order valence-electron chi connectivity index (χ0n) is 10.1. The summed E-state index contributed by atoms with van der Waals surface area (Å²) in [6.45, 7) is 3.44. The first-order chi connectivity index (χ1) is 8.17. The number of rotatable bonds is 6. The van der Waals surface area contributed by atoms with Gasteiger partial charge in [0.1, 0.15) is 11.5 Å². The molecule has 1 amide bonds. The summed E-state index contributed by atoms with van der Waals surface area (Å²) < 4.78 is 4.95. The van der Waals surface area contributed by atoms with Crippen LogP contribution in [0.5, 0.6) is 11.5 Å². The van der Waals surface area contributed by atoms with Crippen molar-refractivity contribution in [3.63, 3.8) is 0 Å². The molecule has 0 spiro atoms. The molecule has 0 fully saturated rings. The Balaban J connectivity index is 2.53. The number of amides is 1. The first-order valence-electron chi connectivity index (χ1n) is 5.55. The molecule has 1 rings (SSSR count). The highest BCUT2D eigenvalue weighted by molar-refractivity contribution is 5.92. The van der Waals surface area contributed by atoms with Crippen LogP contribution in [0.4, 0.5) is 5.69 Å². The van der Waals surface area contributed by atoms with E-state index < -0.39 is 0 Å². The van der Waals surface area contributed by atoms with Gasteiger partial charge in [0.25, 0.3) is 0 Å². The molecule has 0 saturated heterocycles. The Hall–Kier alpha value is -1.75. The van der Waals surface area contributed by atoms with E-state index in [0.29, 0.717) is 24.4 Å². The number of benzene rings is 1. The highest BCUT2D eigenvalue weighted by Crippen LogP contribution is 2.27. The van der Waals surface area contributed by atoms with E-state index in [2.05, 4.69) is 10.6 Å². The zero-order chi connectivity index (χ0) is 12.7. The van der Waals surface area contributed by atoms with Crippen molar-refractivity contribution < 1.29 is 14.6 Å². The summed E-state index contributed by atoms with van der Waals surface area (Å²) in [5.41, 5.74) is 0.396. The largest absolute Gasteiger partial charge is 0.506 e. The van der Waals surface area contributed by atoms with Gasteiger partial charge in [0.05, 0.1) is 12.8 Å². The molecule has 0 aliphatic rings. The Morgan fingerprint density at radius 1 is 1.47 bits per heavy atom. The second-order valence-corrected chi connectivity index (χ2v) is 3.53. The first-order valence-corrected chi connectivity index (χ1v) is 5.55. The van der Waals surface area contributed by atoms with Crippen molar-refractivity contribution in [1.29, 1.82) is 0 Å². The van der Waals surface area contributed by atoms with Gasteiger partial charge < -0.3 is 20.5 Å². The van der Waals surface area contributed by atoms with Crippen LogP contribution in [0, 0.1) is 0 Å². The molecule has 0 saturated carbocycles. The lowest BCUT2D eigenvalue weighted by molar-refractivity contribution is -0.116. The lowest BCUT2D eigenvalue weighted by Gasteiger charge is -2.08. The smallest absolute Gasteiger partial charge is 0.225 e. The number of aromatic hydroxyl groups is 1. The van der Waals surface area contributed by atoms with Crippen molar-refractivity contribution in [2.45, 2.75) is 13.3 Å². The van der Waals surface area contributed by atoms with Crippen LogP contribution in [-0.4, -0.2) is 31.2 Å². The highest BCUT2D eigenvalue weighted by atomic mass is 16.5. The molecular formula is C12H18N2O3. The Bertz CT molecular complexity index is 380. The van der Waals surface area contributed by atoms with Crippen LogP contribution in [-0.2, 0) is 4.79 Å². The molecule has 1 aromatic carbocycles. The minimum absolute atomic E-state index is 0.00107. The monoisotopic (exact) mass is 238 g/mol. The second kappa shape index (κ2) is 6.75. The fraction of sp³-hybridized carbons (Fsp3) is 0.417. The zero-order valence-corrected chi connectivity index (χ0v) is 10.1. The van der Waals surface area contributed by atoms with Crippen LogP contribution in [0.25, 0.3) is 0 Å². The Morgan fingerprint density at radius 3 is 2.82 bits per heavy atom. The van der Waals surface area contributed by atoms with Crippen LogP contribution < -0.4 is 15.4 Å². The molecule has 0 aromatic heterocycles. The van der Waals surface area contributed by atoms with Crippen molar-refractivity contribution in [3.8, 4) is 11.5 Å². The molecule has 94 valence electrons. The van der Waals surface area contributed by atoms with Gasteiger partial charge in [-0.3, -0.25) is 4.79 Å². The highest BCUT2D eigenvalue weighted by Gasteiger charge is 2.06. The lowest BCUT2D eigenvalue weighted by atomic mass is 10.2. The van der Waals surface area contributed by atoms with E-state index in [1.807, 2.05) is 6.92 Å². The van der Waals surface area contributed by atoms with Crippen LogP contribution >= 0.6 is 0 Å². The fourth-order valence-corrected chi connectivity index (χ4v) is 1.34. The van der Waals surface area contributed by atoms with Crippen molar-refractivity contribution in [1.82, 2.24) is 5.32 Å². The number of ether oxygens (including phenoxy) is 1. The molecule has 5 heteroatoms. The SMILES string of the molecule is CCNCCC(=O)Nc1ccc(OC)cc1O. The molecule has 0 heterocycles. The summed E-state index contributed by atoms with van der Waals surface area (Å²) in [5, 5.41) is 15.3. The third-order valence-corrected chi connectivity index (χ3v) is 2.26. The van der Waals surface area contributed by atoms with Gasteiger partial charge in [-0.25, -0.2) is 0 Å². The van der Waals surface area contributed by atoms with E-state index in [9.17, 15) is 9.90 Å². The molecule has 1 aromatic rings. The van der Waals surface area contributed by atoms with Gasteiger partial charge in [-0.2, -0.15) is 0 Å². The van der Waals surface area contributed by atoms with E-state index in [-0.39, 0.29) is 11.7 Å². The fourth-order valence-electron chi connectivity index (χ4n) is 1.34. The van der Waals surface area contributed by atoms with Gasteiger partial charge in [0.2, 0.25) is 5.91 Å². The molecule has 0 unspecified atom stereocenters. The molecule has 0 atom stereocenters. The normalized spacial score (nSPS) is 10.0. The number of methoxy groups -OCH3 is 1. The predicted octanol–water partition coefficient (Wildman–Crippen LogP) is 1.34. The number of phenols is 1. The minimum atomic E-state index is -0.133. The number of hydrogen-bond donors (Lipinski definition) is 3. The average Bonchev–Trinajstić information content (AvgIpc) is 2.32. The molecule has 0 bridgehead atoms. The van der Waals surface area contributed by atoms with Crippen molar-refractivity contribution in [2.75, 3.05) is 25.5 Å². The molecular weight excluding hydrogens is 220 g/mol. The van der Waals surface area contributed by atoms with E-state index in [1.54, 1.807) is 12.1 Å². The van der Waals surface area contributed by atoms with E-state index in [1.165, 1.54) is 13.2 Å². The van der Waals surface area contributed by atoms with E-state index in [0.717, 1.165) is 6.54 Å². The second-order valence-electron chi connectivity index (χ2n) is 3.53. The summed E-state index contributed by atoms with van der Waals surface area (Å²) in [4.78, 5) is 11.5. The molecule has 3 N–H and O–H groups in total. The number of phenolic OH excluding ortho intramolecular Hbond substituents is 1. The summed E-state index contributed by atoms with van der Waals surface area (Å²) in [6.07, 6.45) is 0.374. The van der Waals surface area contributed by atoms with Gasteiger partial charge in [-0.05, 0) is 18.7 Å². The first kappa shape index (κ1) is 13.3. The van der Waals surface area contributed by atoms with Crippen LogP contribution in [0.15, 0.2) is 18.2 Å². The van der Waals surface area contributed by atoms with Crippen molar-refractivity contribution in [3.05, 3.63) is 18.2 Å². The minimum Gasteiger partial charge on any atom is -0.506 e. The number of anilines is 1. The van der Waals surface area contributed by atoms with Crippen LogP contribution in [0.3, 0.4) is 0 Å². The molecule has 17 heavy (non-hydrogen) atoms. The summed E-state index contributed by atoms with van der Waals surface area (Å²) >= 11 is 0. The van der Waals surface area contributed by atoms with Crippen LogP contribution in [0.2, 0.25) is 0 Å². The van der Waals surface area contributed by atoms with Gasteiger partial charge in [0, 0.05) is 19.0 Å². The standard InChI is InChI=1S/C12H18N2O3/c1-3-13-7-6-12(16)14-10-5-4-9(17-2)8-11(10)15/h4-5,8,13,15H,3,6-7H2,1-2H3,(H,14,16). The summed E-state index contributed by atoms with van der Waals surface area (Å²) in [7, 11) is 1.52. The molecule has 5 nitrogen and oxygen atoms in total. The van der Waals surface area contributed by atoms with Crippen LogP contribution in [0.1, 0.15) is 13.3 Å². The number of carbonyl (C=O) groups excluding carboxylic acids is 1. The average molecular weight is 238 g/mol. The topological polar surface area (TPSA) is 70.6 Å². The maximum absolute atomic E-state index is 11.5. The number of hydrogen-bond acceptors (Lipinski definition) is 4. The maximum atomic E-state index is 11.5. The number of nitrogens with one attached hydrogen (secondary N) is 2. The van der Waals surface area contributed by atoms with Gasteiger partial charge in [0.15, 0.2) is 0 Å². The molecule has 0 aliphatic heterocycles. The maximum Gasteiger partial charge on any atom is 0.225 e. The molecule has 0 radical (unpaired) electrons. The lowest BCUT2D eigenvalue weighted by Crippen LogP contribution is -2.21. The van der Waals surface area contributed by atoms with E-state index >= 15 is 0 Å². The summed E-state index contributed by atoms with van der Waals surface area (Å²) in [5.74, 6) is 0.417.